The number of hydrogen-bond acceptors (Lipinski definition) is 12. The number of fused-ring (bicyclic) bond motifs is 6. The number of nitrogens with zero attached hydrogens (tertiary/aromatic N) is 6. The third kappa shape index (κ3) is 7.91. The number of carbonyl (C=O) groups is 2. The van der Waals surface area contributed by atoms with E-state index in [1.54, 1.807) is 0 Å². The van der Waals surface area contributed by atoms with Crippen molar-refractivity contribution < 1.29 is 19.1 Å². The number of aromatic nitrogens is 6. The van der Waals surface area contributed by atoms with Crippen molar-refractivity contribution >= 4 is 52.6 Å². The molecule has 0 unspecified atom stereocenters. The van der Waals surface area contributed by atoms with Crippen molar-refractivity contribution in [2.45, 2.75) is 63.5 Å². The smallest absolute Gasteiger partial charge is 0.311 e. The standard InChI is InChI=1S/C13H17ClN4O2.C10H17NO2.C3HCl2N3/c1-20-12(19)10-7-2-4-8(5-3-7)11(10)16-9-6-15-18-13(14)17-9;1-13-10(12)8-6-2-4-7(5-3-6)9(8)11;4-2-1-6-8-3(5)7-2/h6-8,10-11H,2-5H2,1H3,(H,16,17,18);6-9H,2-5,11H2,1H3;1H/t7?,8?,10-,11-;6?,7?,8-,9-;/m11./s1. The van der Waals surface area contributed by atoms with Gasteiger partial charge in [0.25, 0.3) is 0 Å². The van der Waals surface area contributed by atoms with Crippen LogP contribution in [0.2, 0.25) is 15.7 Å². The molecule has 224 valence electrons. The van der Waals surface area contributed by atoms with Crippen LogP contribution in [0.5, 0.6) is 0 Å². The highest BCUT2D eigenvalue weighted by Crippen LogP contribution is 2.47. The summed E-state index contributed by atoms with van der Waals surface area (Å²) in [5.41, 5.74) is 6.04. The van der Waals surface area contributed by atoms with E-state index in [1.165, 1.54) is 39.5 Å². The van der Waals surface area contributed by atoms with Gasteiger partial charge in [0.1, 0.15) is 5.82 Å². The number of nitrogens with one attached hydrogen (secondary N) is 1. The maximum atomic E-state index is 12.1. The molecule has 0 aromatic carbocycles. The lowest BCUT2D eigenvalue weighted by Crippen LogP contribution is -2.52. The van der Waals surface area contributed by atoms with Gasteiger partial charge in [0, 0.05) is 12.1 Å². The molecule has 6 fully saturated rings. The third-order valence-corrected chi connectivity index (χ3v) is 9.30. The summed E-state index contributed by atoms with van der Waals surface area (Å²) >= 11 is 16.4. The van der Waals surface area contributed by atoms with Crippen molar-refractivity contribution in [2.24, 2.45) is 41.2 Å². The molecule has 8 rings (SSSR count). The number of halogens is 3. The summed E-state index contributed by atoms with van der Waals surface area (Å²) in [6.07, 6.45) is 12.1. The minimum atomic E-state index is -0.134. The fraction of sp³-hybridized carbons (Fsp3) is 0.692. The summed E-state index contributed by atoms with van der Waals surface area (Å²) in [6, 6.07) is 0.0997. The van der Waals surface area contributed by atoms with Crippen LogP contribution in [0.1, 0.15) is 51.4 Å². The van der Waals surface area contributed by atoms with Crippen LogP contribution in [-0.2, 0) is 19.1 Å². The molecule has 12 nitrogen and oxygen atoms in total. The molecule has 4 bridgehead atoms. The predicted molar refractivity (Wildman–Crippen MR) is 152 cm³/mol. The number of rotatable bonds is 4. The van der Waals surface area contributed by atoms with Crippen LogP contribution in [0.15, 0.2) is 12.4 Å². The van der Waals surface area contributed by atoms with Gasteiger partial charge in [-0.1, -0.05) is 11.6 Å². The van der Waals surface area contributed by atoms with E-state index in [0.717, 1.165) is 38.5 Å². The molecule has 3 N–H and O–H groups in total. The van der Waals surface area contributed by atoms with Crippen LogP contribution in [0.25, 0.3) is 0 Å². The molecule has 0 aliphatic heterocycles. The normalized spacial score (nSPS) is 31.1. The minimum Gasteiger partial charge on any atom is -0.469 e. The van der Waals surface area contributed by atoms with Gasteiger partial charge >= 0.3 is 11.9 Å². The van der Waals surface area contributed by atoms with Crippen molar-refractivity contribution in [1.82, 2.24) is 30.4 Å². The molecule has 6 aliphatic carbocycles. The van der Waals surface area contributed by atoms with Gasteiger partial charge in [-0.25, -0.2) is 4.98 Å². The highest BCUT2D eigenvalue weighted by Gasteiger charge is 2.48. The quantitative estimate of drug-likeness (QED) is 0.467. The number of ether oxygens (including phenoxy) is 2. The first kappa shape index (κ1) is 31.5. The van der Waals surface area contributed by atoms with E-state index in [1.807, 2.05) is 0 Å². The molecular weight excluding hydrogens is 595 g/mol. The van der Waals surface area contributed by atoms with Crippen LogP contribution in [0, 0.1) is 35.5 Å². The molecule has 6 saturated carbocycles. The third-order valence-electron chi connectivity index (χ3n) is 8.80. The Morgan fingerprint density at radius 1 is 0.756 bits per heavy atom. The van der Waals surface area contributed by atoms with E-state index in [-0.39, 0.29) is 51.6 Å². The zero-order chi connectivity index (χ0) is 29.5. The number of carbonyl (C=O) groups excluding carboxylic acids is 2. The Balaban J connectivity index is 0.000000158. The lowest BCUT2D eigenvalue weighted by Gasteiger charge is -2.47. The minimum absolute atomic E-state index is 0.0162. The number of anilines is 1. The molecule has 41 heavy (non-hydrogen) atoms. The Morgan fingerprint density at radius 2 is 1.24 bits per heavy atom. The van der Waals surface area contributed by atoms with Crippen LogP contribution in [0.3, 0.4) is 0 Å². The van der Waals surface area contributed by atoms with Crippen LogP contribution < -0.4 is 11.1 Å². The van der Waals surface area contributed by atoms with Gasteiger partial charge in [0.2, 0.25) is 10.6 Å². The Hall–Kier alpha value is -2.41. The number of hydrogen-bond donors (Lipinski definition) is 2. The second-order valence-corrected chi connectivity index (χ2v) is 11.9. The van der Waals surface area contributed by atoms with Crippen molar-refractivity contribution in [1.29, 1.82) is 0 Å². The first-order valence-corrected chi connectivity index (χ1v) is 14.9. The molecule has 2 aromatic heterocycles. The molecule has 0 spiro atoms. The van der Waals surface area contributed by atoms with E-state index in [4.69, 9.17) is 50.0 Å². The Bertz CT molecular complexity index is 1160. The largest absolute Gasteiger partial charge is 0.469 e. The van der Waals surface area contributed by atoms with Gasteiger partial charge in [-0.05, 0) is 98.2 Å². The van der Waals surface area contributed by atoms with Gasteiger partial charge < -0.3 is 20.5 Å². The van der Waals surface area contributed by atoms with Crippen LogP contribution >= 0.6 is 34.8 Å². The van der Waals surface area contributed by atoms with Crippen molar-refractivity contribution in [3.8, 4) is 0 Å². The maximum absolute atomic E-state index is 12.1. The number of nitrogens with two attached hydrogens (primary N) is 1. The van der Waals surface area contributed by atoms with E-state index in [0.29, 0.717) is 29.5 Å². The average molecular weight is 630 g/mol. The highest BCUT2D eigenvalue weighted by molar-refractivity contribution is 6.31. The van der Waals surface area contributed by atoms with E-state index in [2.05, 4.69) is 35.7 Å². The summed E-state index contributed by atoms with van der Waals surface area (Å²) in [6.45, 7) is 0. The second-order valence-electron chi connectivity index (χ2n) is 10.9. The number of esters is 2. The maximum Gasteiger partial charge on any atom is 0.311 e. The Labute approximate surface area is 253 Å². The zero-order valence-electron chi connectivity index (χ0n) is 23.0. The second kappa shape index (κ2) is 14.7. The Kier molecular flexibility index (Phi) is 11.3. The fourth-order valence-electron chi connectivity index (χ4n) is 6.90. The predicted octanol–water partition coefficient (Wildman–Crippen LogP) is 4.02. The van der Waals surface area contributed by atoms with Gasteiger partial charge in [0.15, 0.2) is 5.15 Å². The Morgan fingerprint density at radius 3 is 1.73 bits per heavy atom. The SMILES string of the molecule is COC(=O)[C@@H]1C2CCC(CC2)[C@H]1N.COC(=O)[C@@H]1C2CCC(CC2)[C@H]1Nc1cnnc(Cl)n1.Clc1cnnc(Cl)n1. The highest BCUT2D eigenvalue weighted by atomic mass is 35.5. The van der Waals surface area contributed by atoms with E-state index in [9.17, 15) is 9.59 Å². The number of methoxy groups -OCH3 is 2. The molecule has 15 heteroatoms. The molecule has 4 atom stereocenters. The first-order chi connectivity index (χ1) is 19.7. The summed E-state index contributed by atoms with van der Waals surface area (Å²) < 4.78 is 9.77. The van der Waals surface area contributed by atoms with E-state index >= 15 is 0 Å². The molecule has 6 aliphatic rings. The van der Waals surface area contributed by atoms with Crippen molar-refractivity contribution in [2.75, 3.05) is 19.5 Å². The fourth-order valence-corrected chi connectivity index (χ4v) is 7.34. The molecule has 0 saturated heterocycles. The molecule has 2 aromatic rings. The monoisotopic (exact) mass is 628 g/mol. The van der Waals surface area contributed by atoms with Crippen molar-refractivity contribution in [3.05, 3.63) is 28.1 Å². The first-order valence-electron chi connectivity index (χ1n) is 13.8. The summed E-state index contributed by atoms with van der Waals surface area (Å²) in [5, 5.41) is 17.9. The molecule has 2 heterocycles. The van der Waals surface area contributed by atoms with Gasteiger partial charge in [-0.3, -0.25) is 9.59 Å². The molecule has 0 radical (unpaired) electrons. The van der Waals surface area contributed by atoms with Gasteiger partial charge in [-0.2, -0.15) is 15.2 Å². The lowest BCUT2D eigenvalue weighted by atomic mass is 9.61. The van der Waals surface area contributed by atoms with Gasteiger partial charge in [-0.15, -0.1) is 10.2 Å². The summed E-state index contributed by atoms with van der Waals surface area (Å²) in [4.78, 5) is 31.2. The summed E-state index contributed by atoms with van der Waals surface area (Å²) in [5.74, 6) is 2.14. The van der Waals surface area contributed by atoms with Gasteiger partial charge in [0.05, 0.1) is 38.4 Å². The molecule has 0 amide bonds. The van der Waals surface area contributed by atoms with Crippen LogP contribution in [0.4, 0.5) is 5.82 Å². The van der Waals surface area contributed by atoms with Crippen LogP contribution in [-0.4, -0.2) is 68.6 Å². The lowest BCUT2D eigenvalue weighted by molar-refractivity contribution is -0.153. The topological polar surface area (TPSA) is 168 Å². The van der Waals surface area contributed by atoms with E-state index < -0.39 is 0 Å². The molecular formula is C26H35Cl3N8O4. The zero-order valence-corrected chi connectivity index (χ0v) is 25.2. The average Bonchev–Trinajstić information content (AvgIpc) is 2.98. The summed E-state index contributed by atoms with van der Waals surface area (Å²) in [7, 11) is 2.90. The van der Waals surface area contributed by atoms with Crippen molar-refractivity contribution in [3.63, 3.8) is 0 Å².